The summed E-state index contributed by atoms with van der Waals surface area (Å²) in [5.74, 6) is -0.385. The lowest BCUT2D eigenvalue weighted by atomic mass is 10.0. The van der Waals surface area contributed by atoms with E-state index in [0.717, 1.165) is 18.4 Å². The van der Waals surface area contributed by atoms with E-state index in [4.69, 9.17) is 4.74 Å². The fourth-order valence-corrected chi connectivity index (χ4v) is 6.06. The van der Waals surface area contributed by atoms with Crippen LogP contribution in [0.15, 0.2) is 82.7 Å². The SMILES string of the molecule is O=S(=O)(NCC1CCCO1)c1ccc(S(=O)(=O)NC(Cc2ccc(F)cc2)c2ccccn2)cc1. The van der Waals surface area contributed by atoms with Gasteiger partial charge >= 0.3 is 0 Å². The van der Waals surface area contributed by atoms with E-state index < -0.39 is 26.1 Å². The Morgan fingerprint density at radius 3 is 2.23 bits per heavy atom. The van der Waals surface area contributed by atoms with Crippen molar-refractivity contribution in [3.63, 3.8) is 0 Å². The average Bonchev–Trinajstić information content (AvgIpc) is 3.38. The van der Waals surface area contributed by atoms with Gasteiger partial charge in [-0.25, -0.2) is 30.7 Å². The van der Waals surface area contributed by atoms with Gasteiger partial charge in [-0.2, -0.15) is 0 Å². The molecule has 11 heteroatoms. The number of hydrogen-bond donors (Lipinski definition) is 2. The molecular formula is C24H26FN3O5S2. The van der Waals surface area contributed by atoms with E-state index >= 15 is 0 Å². The van der Waals surface area contributed by atoms with E-state index in [1.54, 1.807) is 36.5 Å². The molecule has 1 aliphatic rings. The molecule has 4 rings (SSSR count). The van der Waals surface area contributed by atoms with Crippen molar-refractivity contribution >= 4 is 20.0 Å². The van der Waals surface area contributed by atoms with E-state index in [2.05, 4.69) is 14.4 Å². The van der Waals surface area contributed by atoms with Gasteiger partial charge in [0.2, 0.25) is 20.0 Å². The third-order valence-electron chi connectivity index (χ3n) is 5.66. The number of hydrogen-bond acceptors (Lipinski definition) is 6. The predicted octanol–water partition coefficient (Wildman–Crippen LogP) is 2.94. The van der Waals surface area contributed by atoms with E-state index in [1.807, 2.05) is 0 Å². The number of nitrogens with one attached hydrogen (secondary N) is 2. The molecule has 186 valence electrons. The number of pyridine rings is 1. The van der Waals surface area contributed by atoms with Crippen LogP contribution in [0, 0.1) is 5.82 Å². The largest absolute Gasteiger partial charge is 0.377 e. The van der Waals surface area contributed by atoms with Crippen molar-refractivity contribution in [3.05, 3.63) is 90.0 Å². The third-order valence-corrected chi connectivity index (χ3v) is 8.59. The maximum absolute atomic E-state index is 13.3. The van der Waals surface area contributed by atoms with Crippen LogP contribution in [0.3, 0.4) is 0 Å². The summed E-state index contributed by atoms with van der Waals surface area (Å²) in [6.07, 6.45) is 3.34. The van der Waals surface area contributed by atoms with Crippen LogP contribution in [0.1, 0.15) is 30.1 Å². The number of halogens is 1. The van der Waals surface area contributed by atoms with Crippen molar-refractivity contribution in [2.75, 3.05) is 13.2 Å². The Hall–Kier alpha value is -2.70. The second kappa shape index (κ2) is 10.9. The lowest BCUT2D eigenvalue weighted by Gasteiger charge is -2.19. The van der Waals surface area contributed by atoms with Crippen molar-refractivity contribution in [1.82, 2.24) is 14.4 Å². The minimum absolute atomic E-state index is 0.0398. The number of ether oxygens (including phenoxy) is 1. The predicted molar refractivity (Wildman–Crippen MR) is 128 cm³/mol. The van der Waals surface area contributed by atoms with E-state index in [0.29, 0.717) is 12.3 Å². The molecule has 0 aliphatic carbocycles. The molecule has 2 unspecified atom stereocenters. The maximum Gasteiger partial charge on any atom is 0.241 e. The highest BCUT2D eigenvalue weighted by molar-refractivity contribution is 7.90. The number of aromatic nitrogens is 1. The molecule has 0 radical (unpaired) electrons. The first-order valence-electron chi connectivity index (χ1n) is 11.1. The molecule has 0 bridgehead atoms. The molecule has 2 N–H and O–H groups in total. The number of nitrogens with zero attached hydrogens (tertiary/aromatic N) is 1. The Balaban J connectivity index is 1.51. The lowest BCUT2D eigenvalue weighted by Crippen LogP contribution is -2.32. The first kappa shape index (κ1) is 25.4. The zero-order valence-electron chi connectivity index (χ0n) is 18.8. The van der Waals surface area contributed by atoms with Crippen LogP contribution in [0.2, 0.25) is 0 Å². The standard InChI is InChI=1S/C24H26FN3O5S2/c25-19-8-6-18(7-9-19)16-24(23-5-1-2-14-26-23)28-35(31,32)22-12-10-21(11-13-22)34(29,30)27-17-20-4-3-15-33-20/h1-2,5-14,20,24,27-28H,3-4,15-17H2. The quantitative estimate of drug-likeness (QED) is 0.426. The van der Waals surface area contributed by atoms with Gasteiger partial charge < -0.3 is 4.74 Å². The molecule has 3 aromatic rings. The summed E-state index contributed by atoms with van der Waals surface area (Å²) in [4.78, 5) is 4.14. The topological polar surface area (TPSA) is 114 Å². The second-order valence-corrected chi connectivity index (χ2v) is 11.7. The van der Waals surface area contributed by atoms with Crippen molar-refractivity contribution in [2.45, 2.75) is 41.2 Å². The van der Waals surface area contributed by atoms with Gasteiger partial charge in [0.1, 0.15) is 5.82 Å². The van der Waals surface area contributed by atoms with Gasteiger partial charge in [-0.15, -0.1) is 0 Å². The highest BCUT2D eigenvalue weighted by Gasteiger charge is 2.24. The fraction of sp³-hybridized carbons (Fsp3) is 0.292. The van der Waals surface area contributed by atoms with Crippen molar-refractivity contribution < 1.29 is 26.0 Å². The van der Waals surface area contributed by atoms with Crippen LogP contribution in [0.4, 0.5) is 4.39 Å². The summed E-state index contributed by atoms with van der Waals surface area (Å²) in [5, 5.41) is 0. The van der Waals surface area contributed by atoms with Gasteiger partial charge in [0.15, 0.2) is 0 Å². The highest BCUT2D eigenvalue weighted by atomic mass is 32.2. The molecule has 0 amide bonds. The number of benzene rings is 2. The molecule has 1 aliphatic heterocycles. The summed E-state index contributed by atoms with van der Waals surface area (Å²) in [6.45, 7) is 0.783. The lowest BCUT2D eigenvalue weighted by molar-refractivity contribution is 0.114. The fourth-order valence-electron chi connectivity index (χ4n) is 3.79. The molecule has 2 heterocycles. The smallest absolute Gasteiger partial charge is 0.241 e. The normalized spacial score (nSPS) is 17.3. The molecular weight excluding hydrogens is 493 g/mol. The van der Waals surface area contributed by atoms with Gasteiger partial charge in [-0.1, -0.05) is 18.2 Å². The van der Waals surface area contributed by atoms with Gasteiger partial charge in [0.05, 0.1) is 27.6 Å². The molecule has 0 spiro atoms. The maximum atomic E-state index is 13.3. The first-order chi connectivity index (χ1) is 16.7. The summed E-state index contributed by atoms with van der Waals surface area (Å²) < 4.78 is 75.3. The molecule has 2 atom stereocenters. The van der Waals surface area contributed by atoms with E-state index in [9.17, 15) is 21.2 Å². The van der Waals surface area contributed by atoms with Crippen LogP contribution < -0.4 is 9.44 Å². The minimum Gasteiger partial charge on any atom is -0.377 e. The zero-order valence-corrected chi connectivity index (χ0v) is 20.4. The van der Waals surface area contributed by atoms with Crippen molar-refractivity contribution in [2.24, 2.45) is 0 Å². The summed E-state index contributed by atoms with van der Waals surface area (Å²) in [7, 11) is -7.83. The van der Waals surface area contributed by atoms with E-state index in [-0.39, 0.29) is 34.7 Å². The molecule has 2 aromatic carbocycles. The molecule has 8 nitrogen and oxygen atoms in total. The molecule has 1 saturated heterocycles. The Morgan fingerprint density at radius 2 is 1.63 bits per heavy atom. The summed E-state index contributed by atoms with van der Waals surface area (Å²) in [6, 6.07) is 15.2. The Labute approximate surface area is 204 Å². The molecule has 0 saturated carbocycles. The van der Waals surface area contributed by atoms with Gasteiger partial charge in [-0.05, 0) is 73.4 Å². The van der Waals surface area contributed by atoms with Gasteiger partial charge in [0.25, 0.3) is 0 Å². The minimum atomic E-state index is -4.02. The number of rotatable bonds is 10. The van der Waals surface area contributed by atoms with Crippen molar-refractivity contribution in [3.8, 4) is 0 Å². The van der Waals surface area contributed by atoms with Crippen LogP contribution in [0.25, 0.3) is 0 Å². The van der Waals surface area contributed by atoms with Crippen molar-refractivity contribution in [1.29, 1.82) is 0 Å². The summed E-state index contributed by atoms with van der Waals surface area (Å²) >= 11 is 0. The van der Waals surface area contributed by atoms with Crippen LogP contribution >= 0.6 is 0 Å². The van der Waals surface area contributed by atoms with Crippen LogP contribution in [0.5, 0.6) is 0 Å². The van der Waals surface area contributed by atoms with Gasteiger partial charge in [-0.3, -0.25) is 4.98 Å². The molecule has 35 heavy (non-hydrogen) atoms. The Bertz CT molecular complexity index is 1330. The third kappa shape index (κ3) is 6.71. The van der Waals surface area contributed by atoms with Crippen LogP contribution in [-0.4, -0.2) is 41.1 Å². The zero-order chi connectivity index (χ0) is 24.9. The monoisotopic (exact) mass is 519 g/mol. The summed E-state index contributed by atoms with van der Waals surface area (Å²) in [5.41, 5.74) is 1.22. The molecule has 1 fully saturated rings. The second-order valence-electron chi connectivity index (χ2n) is 8.22. The Morgan fingerprint density at radius 1 is 0.943 bits per heavy atom. The number of sulfonamides is 2. The first-order valence-corrected chi connectivity index (χ1v) is 14.1. The van der Waals surface area contributed by atoms with Crippen LogP contribution in [-0.2, 0) is 31.2 Å². The van der Waals surface area contributed by atoms with E-state index in [1.165, 1.54) is 36.4 Å². The highest BCUT2D eigenvalue weighted by Crippen LogP contribution is 2.22. The average molecular weight is 520 g/mol. The Kier molecular flexibility index (Phi) is 7.92. The van der Waals surface area contributed by atoms with Gasteiger partial charge in [0, 0.05) is 19.3 Å². The molecule has 1 aromatic heterocycles.